The molecule has 1 heterocycles. The maximum atomic E-state index is 11.6. The zero-order valence-electron chi connectivity index (χ0n) is 8.00. The van der Waals surface area contributed by atoms with Crippen molar-refractivity contribution < 1.29 is 4.79 Å². The topological polar surface area (TPSA) is 29.1 Å². The summed E-state index contributed by atoms with van der Waals surface area (Å²) < 4.78 is 1.13. The van der Waals surface area contributed by atoms with Crippen LogP contribution in [0.2, 0.25) is 0 Å². The summed E-state index contributed by atoms with van der Waals surface area (Å²) in [5, 5.41) is 4.84. The van der Waals surface area contributed by atoms with Gasteiger partial charge in [-0.1, -0.05) is 0 Å². The van der Waals surface area contributed by atoms with Gasteiger partial charge in [0, 0.05) is 11.9 Å². The predicted molar refractivity (Wildman–Crippen MR) is 71.7 cm³/mol. The fraction of sp³-hybridized carbons (Fsp3) is 0.500. The second kappa shape index (κ2) is 5.01. The Kier molecular flexibility index (Phi) is 3.90. The smallest absolute Gasteiger partial charge is 0.252 e. The quantitative estimate of drug-likeness (QED) is 0.652. The molecule has 0 radical (unpaired) electrons. The largest absolute Gasteiger partial charge is 0.351 e. The van der Waals surface area contributed by atoms with Gasteiger partial charge in [-0.25, -0.2) is 0 Å². The lowest BCUT2D eigenvalue weighted by atomic mass is 10.2. The molecule has 0 spiro atoms. The van der Waals surface area contributed by atoms with E-state index in [0.717, 1.165) is 8.45 Å². The summed E-state index contributed by atoms with van der Waals surface area (Å²) in [5.74, 6) is 0.607. The van der Waals surface area contributed by atoms with Crippen LogP contribution in [0.15, 0.2) is 11.4 Å². The third-order valence-corrected chi connectivity index (χ3v) is 4.72. The lowest BCUT2D eigenvalue weighted by Crippen LogP contribution is -2.30. The van der Waals surface area contributed by atoms with Crippen LogP contribution in [0, 0.1) is 8.80 Å². The van der Waals surface area contributed by atoms with E-state index in [9.17, 15) is 4.79 Å². The van der Waals surface area contributed by atoms with E-state index in [2.05, 4.69) is 27.9 Å². The van der Waals surface area contributed by atoms with Crippen LogP contribution in [0.25, 0.3) is 0 Å². The maximum Gasteiger partial charge on any atom is 0.252 e. The summed E-state index contributed by atoms with van der Waals surface area (Å²) in [6.07, 6.45) is 2.42. The molecule has 1 unspecified atom stereocenters. The van der Waals surface area contributed by atoms with E-state index >= 15 is 0 Å². The minimum absolute atomic E-state index is 0.0135. The summed E-state index contributed by atoms with van der Waals surface area (Å²) >= 11 is 9.89. The second-order valence-electron chi connectivity index (χ2n) is 3.70. The Balaban J connectivity index is 1.81. The van der Waals surface area contributed by atoms with E-state index in [4.69, 9.17) is 11.6 Å². The number of alkyl halides is 1. The van der Waals surface area contributed by atoms with Gasteiger partial charge in [-0.3, -0.25) is 4.79 Å². The third-order valence-electron chi connectivity index (χ3n) is 2.42. The number of carbonyl (C=O) groups is 1. The van der Waals surface area contributed by atoms with Crippen molar-refractivity contribution in [1.82, 2.24) is 5.32 Å². The molecule has 0 bridgehead atoms. The highest BCUT2D eigenvalue weighted by Crippen LogP contribution is 2.35. The summed E-state index contributed by atoms with van der Waals surface area (Å²) in [5.41, 5.74) is 0.740. The number of nitrogens with one attached hydrogen (secondary N) is 1. The minimum Gasteiger partial charge on any atom is -0.351 e. The summed E-state index contributed by atoms with van der Waals surface area (Å²) in [7, 11) is 0. The Bertz CT molecular complexity index is 364. The summed E-state index contributed by atoms with van der Waals surface area (Å²) in [6.45, 7) is 0.581. The molecule has 15 heavy (non-hydrogen) atoms. The Hall–Kier alpha value is 0.190. The van der Waals surface area contributed by atoms with E-state index < -0.39 is 0 Å². The number of halogens is 2. The molecule has 1 saturated carbocycles. The number of amides is 1. The van der Waals surface area contributed by atoms with Crippen molar-refractivity contribution in [3.63, 3.8) is 0 Å². The molecule has 1 atom stereocenters. The highest BCUT2D eigenvalue weighted by Gasteiger charge is 2.29. The van der Waals surface area contributed by atoms with Gasteiger partial charge >= 0.3 is 0 Å². The van der Waals surface area contributed by atoms with E-state index in [0.29, 0.717) is 12.5 Å². The molecule has 1 aliphatic rings. The normalized spacial score (nSPS) is 17.5. The van der Waals surface area contributed by atoms with Crippen molar-refractivity contribution >= 4 is 51.4 Å². The molecule has 1 aromatic rings. The first-order chi connectivity index (χ1) is 7.16. The van der Waals surface area contributed by atoms with E-state index in [-0.39, 0.29) is 11.3 Å². The molecular weight excluding hydrogens is 345 g/mol. The zero-order valence-corrected chi connectivity index (χ0v) is 11.7. The molecule has 1 amide bonds. The average Bonchev–Trinajstić information content (AvgIpc) is 2.97. The summed E-state index contributed by atoms with van der Waals surface area (Å²) in [4.78, 5) is 11.6. The van der Waals surface area contributed by atoms with Gasteiger partial charge < -0.3 is 5.32 Å². The molecule has 1 N–H and O–H groups in total. The first kappa shape index (κ1) is 11.7. The molecule has 0 aromatic carbocycles. The first-order valence-corrected chi connectivity index (χ1v) is 7.22. The second-order valence-corrected chi connectivity index (χ2v) is 7.07. The molecule has 1 aromatic heterocycles. The van der Waals surface area contributed by atoms with Gasteiger partial charge in [0.15, 0.2) is 0 Å². The maximum absolute atomic E-state index is 11.6. The van der Waals surface area contributed by atoms with Crippen LogP contribution < -0.4 is 5.32 Å². The van der Waals surface area contributed by atoms with Crippen LogP contribution in [-0.2, 0) is 0 Å². The van der Waals surface area contributed by atoms with Crippen molar-refractivity contribution in [1.29, 1.82) is 0 Å². The molecule has 1 fully saturated rings. The van der Waals surface area contributed by atoms with Gasteiger partial charge in [-0.05, 0) is 47.4 Å². The van der Waals surface area contributed by atoms with Crippen molar-refractivity contribution in [2.24, 2.45) is 5.92 Å². The van der Waals surface area contributed by atoms with Crippen LogP contribution in [0.1, 0.15) is 23.2 Å². The minimum atomic E-state index is -0.0135. The first-order valence-electron chi connectivity index (χ1n) is 4.83. The lowest BCUT2D eigenvalue weighted by molar-refractivity contribution is 0.0953. The van der Waals surface area contributed by atoms with Gasteiger partial charge in [-0.15, -0.1) is 22.9 Å². The fourth-order valence-electron chi connectivity index (χ4n) is 1.35. The van der Waals surface area contributed by atoms with Crippen LogP contribution in [0.4, 0.5) is 0 Å². The molecule has 1 aliphatic carbocycles. The van der Waals surface area contributed by atoms with Crippen LogP contribution >= 0.6 is 45.5 Å². The highest BCUT2D eigenvalue weighted by molar-refractivity contribution is 14.1. The standard InChI is InChI=1S/C10H11ClINOS/c11-8(6-1-2-6)4-13-10(14)7-3-9(12)15-5-7/h3,5-6,8H,1-2,4H2,(H,13,14). The molecule has 2 nitrogen and oxygen atoms in total. The van der Waals surface area contributed by atoms with Crippen LogP contribution in [0.3, 0.4) is 0 Å². The highest BCUT2D eigenvalue weighted by atomic mass is 127. The van der Waals surface area contributed by atoms with Gasteiger partial charge in [0.25, 0.3) is 5.91 Å². The average molecular weight is 356 g/mol. The molecule has 82 valence electrons. The Morgan fingerprint density at radius 3 is 3.00 bits per heavy atom. The van der Waals surface area contributed by atoms with Crippen LogP contribution in [0.5, 0.6) is 0 Å². The summed E-state index contributed by atoms with van der Waals surface area (Å²) in [6, 6.07) is 1.89. The Morgan fingerprint density at radius 2 is 2.47 bits per heavy atom. The van der Waals surface area contributed by atoms with Gasteiger partial charge in [0.05, 0.1) is 13.8 Å². The SMILES string of the molecule is O=C(NCC(Cl)C1CC1)c1csc(I)c1. The van der Waals surface area contributed by atoms with Gasteiger partial charge in [0.1, 0.15) is 0 Å². The van der Waals surface area contributed by atoms with Crippen molar-refractivity contribution in [3.05, 3.63) is 19.9 Å². The van der Waals surface area contributed by atoms with E-state index in [1.807, 2.05) is 11.4 Å². The number of rotatable bonds is 4. The molecular formula is C10H11ClINOS. The van der Waals surface area contributed by atoms with Gasteiger partial charge in [-0.2, -0.15) is 0 Å². The number of hydrogen-bond donors (Lipinski definition) is 1. The Morgan fingerprint density at radius 1 is 1.73 bits per heavy atom. The monoisotopic (exact) mass is 355 g/mol. The Labute approximate surface area is 112 Å². The number of hydrogen-bond acceptors (Lipinski definition) is 2. The number of thiophene rings is 1. The van der Waals surface area contributed by atoms with Gasteiger partial charge in [0.2, 0.25) is 0 Å². The third kappa shape index (κ3) is 3.32. The molecule has 2 rings (SSSR count). The van der Waals surface area contributed by atoms with Crippen LogP contribution in [-0.4, -0.2) is 17.8 Å². The lowest BCUT2D eigenvalue weighted by Gasteiger charge is -2.08. The van der Waals surface area contributed by atoms with Crippen molar-refractivity contribution in [2.45, 2.75) is 18.2 Å². The van der Waals surface area contributed by atoms with Crippen molar-refractivity contribution in [3.8, 4) is 0 Å². The van der Waals surface area contributed by atoms with Crippen molar-refractivity contribution in [2.75, 3.05) is 6.54 Å². The number of carbonyl (C=O) groups excluding carboxylic acids is 1. The fourth-order valence-corrected chi connectivity index (χ4v) is 3.00. The predicted octanol–water partition coefficient (Wildman–Crippen LogP) is 3.10. The molecule has 0 saturated heterocycles. The molecule has 0 aliphatic heterocycles. The van der Waals surface area contributed by atoms with E-state index in [1.165, 1.54) is 12.8 Å². The van der Waals surface area contributed by atoms with E-state index in [1.54, 1.807) is 11.3 Å². The molecule has 5 heteroatoms. The zero-order chi connectivity index (χ0) is 10.8.